The normalized spacial score (nSPS) is 13.6. The van der Waals surface area contributed by atoms with Crippen LogP contribution in [0.15, 0.2) is 36.7 Å². The monoisotopic (exact) mass is 337 g/mol. The molecule has 2 atom stereocenters. The summed E-state index contributed by atoms with van der Waals surface area (Å²) in [5, 5.41) is 8.24. The summed E-state index contributed by atoms with van der Waals surface area (Å²) in [7, 11) is 0. The van der Waals surface area contributed by atoms with Crippen molar-refractivity contribution in [2.75, 3.05) is 0 Å². The molecule has 0 saturated heterocycles. The molecule has 0 radical (unpaired) electrons. The Morgan fingerprint density at radius 3 is 2.80 bits per heavy atom. The molecule has 0 bridgehead atoms. The van der Waals surface area contributed by atoms with Gasteiger partial charge in [-0.3, -0.25) is 9.78 Å². The van der Waals surface area contributed by atoms with Crippen LogP contribution < -0.4 is 5.32 Å². The molecule has 6 nitrogen and oxygen atoms in total. The van der Waals surface area contributed by atoms with Crippen LogP contribution in [0.1, 0.15) is 61.0 Å². The Bertz CT molecular complexity index is 887. The number of fused-ring (bicyclic) bond motifs is 1. The first-order valence-electron chi connectivity index (χ1n) is 8.58. The zero-order valence-corrected chi connectivity index (χ0v) is 15.0. The van der Waals surface area contributed by atoms with Gasteiger partial charge in [0.15, 0.2) is 5.65 Å². The third-order valence-corrected chi connectivity index (χ3v) is 4.43. The summed E-state index contributed by atoms with van der Waals surface area (Å²) in [5.41, 5.74) is 2.98. The summed E-state index contributed by atoms with van der Waals surface area (Å²) in [6.07, 6.45) is 4.40. The SMILES string of the molecule is CC[C@H](C)n1ncc2c(C(=O)N[C@@H](C)c3ccccn3)cc(C)nc21. The van der Waals surface area contributed by atoms with Crippen molar-refractivity contribution in [3.8, 4) is 0 Å². The quantitative estimate of drug-likeness (QED) is 0.772. The zero-order valence-electron chi connectivity index (χ0n) is 15.0. The van der Waals surface area contributed by atoms with E-state index < -0.39 is 0 Å². The van der Waals surface area contributed by atoms with Crippen molar-refractivity contribution in [2.45, 2.75) is 46.2 Å². The molecule has 3 aromatic rings. The van der Waals surface area contributed by atoms with E-state index in [0.717, 1.165) is 28.8 Å². The number of pyridine rings is 2. The molecule has 0 unspecified atom stereocenters. The average molecular weight is 337 g/mol. The van der Waals surface area contributed by atoms with Gasteiger partial charge in [0.05, 0.1) is 34.9 Å². The molecule has 1 amide bonds. The van der Waals surface area contributed by atoms with Crippen LogP contribution in [0.2, 0.25) is 0 Å². The topological polar surface area (TPSA) is 72.7 Å². The van der Waals surface area contributed by atoms with Gasteiger partial charge in [0.2, 0.25) is 0 Å². The van der Waals surface area contributed by atoms with E-state index in [1.54, 1.807) is 12.4 Å². The predicted molar refractivity (Wildman–Crippen MR) is 97.4 cm³/mol. The summed E-state index contributed by atoms with van der Waals surface area (Å²) in [6.45, 7) is 8.02. The van der Waals surface area contributed by atoms with Crippen molar-refractivity contribution >= 4 is 16.9 Å². The molecular formula is C19H23N5O. The lowest BCUT2D eigenvalue weighted by Gasteiger charge is -2.14. The first-order chi connectivity index (χ1) is 12.0. The Hall–Kier alpha value is -2.76. The number of rotatable bonds is 5. The predicted octanol–water partition coefficient (Wildman–Crippen LogP) is 3.60. The maximum Gasteiger partial charge on any atom is 0.252 e. The zero-order chi connectivity index (χ0) is 18.0. The van der Waals surface area contributed by atoms with Gasteiger partial charge >= 0.3 is 0 Å². The molecule has 0 aliphatic heterocycles. The molecule has 0 fully saturated rings. The maximum atomic E-state index is 12.8. The highest BCUT2D eigenvalue weighted by Gasteiger charge is 2.19. The Morgan fingerprint density at radius 2 is 2.12 bits per heavy atom. The number of amides is 1. The van der Waals surface area contributed by atoms with Crippen molar-refractivity contribution < 1.29 is 4.79 Å². The minimum Gasteiger partial charge on any atom is -0.344 e. The summed E-state index contributed by atoms with van der Waals surface area (Å²) >= 11 is 0. The van der Waals surface area contributed by atoms with Gasteiger partial charge in [-0.15, -0.1) is 0 Å². The van der Waals surface area contributed by atoms with Gasteiger partial charge in [-0.25, -0.2) is 9.67 Å². The molecule has 6 heteroatoms. The van der Waals surface area contributed by atoms with Crippen LogP contribution in [-0.2, 0) is 0 Å². The highest BCUT2D eigenvalue weighted by Crippen LogP contribution is 2.23. The Labute approximate surface area is 147 Å². The third kappa shape index (κ3) is 3.38. The number of carbonyl (C=O) groups excluding carboxylic acids is 1. The minimum absolute atomic E-state index is 0.141. The summed E-state index contributed by atoms with van der Waals surface area (Å²) in [5.74, 6) is -0.141. The number of hydrogen-bond acceptors (Lipinski definition) is 4. The number of carbonyl (C=O) groups is 1. The highest BCUT2D eigenvalue weighted by molar-refractivity contribution is 6.05. The molecule has 0 aliphatic carbocycles. The van der Waals surface area contributed by atoms with Gasteiger partial charge < -0.3 is 5.32 Å². The van der Waals surface area contributed by atoms with Crippen molar-refractivity contribution in [2.24, 2.45) is 0 Å². The van der Waals surface area contributed by atoms with Gasteiger partial charge in [0.1, 0.15) is 0 Å². The molecule has 0 aliphatic rings. The van der Waals surface area contributed by atoms with Gasteiger partial charge in [-0.1, -0.05) is 13.0 Å². The Balaban J connectivity index is 1.95. The van der Waals surface area contributed by atoms with E-state index in [9.17, 15) is 4.79 Å². The fourth-order valence-electron chi connectivity index (χ4n) is 2.81. The molecule has 3 rings (SSSR count). The lowest BCUT2D eigenvalue weighted by Crippen LogP contribution is -2.27. The average Bonchev–Trinajstić information content (AvgIpc) is 3.04. The molecule has 0 aromatic carbocycles. The second kappa shape index (κ2) is 7.01. The molecule has 0 saturated carbocycles. The molecule has 3 aromatic heterocycles. The number of nitrogens with one attached hydrogen (secondary N) is 1. The van der Waals surface area contributed by atoms with E-state index in [4.69, 9.17) is 0 Å². The van der Waals surface area contributed by atoms with Crippen LogP contribution in [0.25, 0.3) is 11.0 Å². The van der Waals surface area contributed by atoms with Crippen LogP contribution in [-0.4, -0.2) is 25.7 Å². The van der Waals surface area contributed by atoms with Crippen LogP contribution in [0.4, 0.5) is 0 Å². The third-order valence-electron chi connectivity index (χ3n) is 4.43. The minimum atomic E-state index is -0.179. The highest BCUT2D eigenvalue weighted by atomic mass is 16.1. The molecule has 25 heavy (non-hydrogen) atoms. The van der Waals surface area contributed by atoms with Gasteiger partial charge in [0.25, 0.3) is 5.91 Å². The number of hydrogen-bond donors (Lipinski definition) is 1. The van der Waals surface area contributed by atoms with E-state index in [-0.39, 0.29) is 18.0 Å². The van der Waals surface area contributed by atoms with Gasteiger partial charge in [-0.05, 0) is 45.4 Å². The molecule has 3 heterocycles. The smallest absolute Gasteiger partial charge is 0.252 e. The lowest BCUT2D eigenvalue weighted by molar-refractivity contribution is 0.0940. The summed E-state index contributed by atoms with van der Waals surface area (Å²) < 4.78 is 1.89. The molecule has 130 valence electrons. The second-order valence-electron chi connectivity index (χ2n) is 6.34. The van der Waals surface area contributed by atoms with Gasteiger partial charge in [0, 0.05) is 11.9 Å². The lowest BCUT2D eigenvalue weighted by atomic mass is 10.1. The fraction of sp³-hybridized carbons (Fsp3) is 0.368. The largest absolute Gasteiger partial charge is 0.344 e. The Kier molecular flexibility index (Phi) is 4.79. The van der Waals surface area contributed by atoms with Crippen LogP contribution >= 0.6 is 0 Å². The summed E-state index contributed by atoms with van der Waals surface area (Å²) in [6, 6.07) is 7.54. The first-order valence-corrected chi connectivity index (χ1v) is 8.58. The van der Waals surface area contributed by atoms with Crippen molar-refractivity contribution in [3.63, 3.8) is 0 Å². The van der Waals surface area contributed by atoms with E-state index in [1.165, 1.54) is 0 Å². The van der Waals surface area contributed by atoms with E-state index in [2.05, 4.69) is 34.2 Å². The number of aryl methyl sites for hydroxylation is 1. The van der Waals surface area contributed by atoms with E-state index >= 15 is 0 Å². The van der Waals surface area contributed by atoms with Crippen LogP contribution in [0.3, 0.4) is 0 Å². The van der Waals surface area contributed by atoms with E-state index in [1.807, 2.05) is 42.8 Å². The standard InChI is InChI=1S/C19H23N5O/c1-5-13(3)24-18-16(11-21-24)15(10-12(2)22-18)19(25)23-14(4)17-8-6-7-9-20-17/h6-11,13-14H,5H2,1-4H3,(H,23,25)/t13-,14-/m0/s1. The number of aromatic nitrogens is 4. The van der Waals surface area contributed by atoms with E-state index in [0.29, 0.717) is 5.56 Å². The Morgan fingerprint density at radius 1 is 1.32 bits per heavy atom. The first kappa shape index (κ1) is 17.1. The van der Waals surface area contributed by atoms with Crippen molar-refractivity contribution in [1.82, 2.24) is 25.1 Å². The van der Waals surface area contributed by atoms with Gasteiger partial charge in [-0.2, -0.15) is 5.10 Å². The number of nitrogens with zero attached hydrogens (tertiary/aromatic N) is 4. The molecule has 0 spiro atoms. The fourth-order valence-corrected chi connectivity index (χ4v) is 2.81. The van der Waals surface area contributed by atoms with Crippen molar-refractivity contribution in [1.29, 1.82) is 0 Å². The second-order valence-corrected chi connectivity index (χ2v) is 6.34. The molecular weight excluding hydrogens is 314 g/mol. The van der Waals surface area contributed by atoms with Crippen LogP contribution in [0, 0.1) is 6.92 Å². The van der Waals surface area contributed by atoms with Crippen LogP contribution in [0.5, 0.6) is 0 Å². The molecule has 1 N–H and O–H groups in total. The maximum absolute atomic E-state index is 12.8. The van der Waals surface area contributed by atoms with Crippen molar-refractivity contribution in [3.05, 3.63) is 53.6 Å². The summed E-state index contributed by atoms with van der Waals surface area (Å²) in [4.78, 5) is 21.7.